The number of nitrogens with zero attached hydrogens (tertiary/aromatic N) is 2. The van der Waals surface area contributed by atoms with E-state index in [-0.39, 0.29) is 46.8 Å². The summed E-state index contributed by atoms with van der Waals surface area (Å²) in [6.45, 7) is 5.72. The number of amides is 1. The molecule has 160 valence electrons. The van der Waals surface area contributed by atoms with Crippen LogP contribution in [0.5, 0.6) is 5.75 Å². The molecule has 2 aromatic rings. The van der Waals surface area contributed by atoms with Crippen molar-refractivity contribution in [2.75, 3.05) is 19.7 Å². The van der Waals surface area contributed by atoms with E-state index >= 15 is 0 Å². The smallest absolute Gasteiger partial charge is 0.260 e. The van der Waals surface area contributed by atoms with Gasteiger partial charge in [0.2, 0.25) is 0 Å². The lowest BCUT2D eigenvalue weighted by Gasteiger charge is -2.44. The lowest BCUT2D eigenvalue weighted by Crippen LogP contribution is -2.58. The predicted octanol–water partition coefficient (Wildman–Crippen LogP) is 4.45. The number of benzene rings is 2. The second-order valence-electron chi connectivity index (χ2n) is 7.51. The largest absolute Gasteiger partial charge is 0.481 e. The highest BCUT2D eigenvalue weighted by atomic mass is 35.5. The number of carbonyl (C=O) groups excluding carboxylic acids is 2. The number of hydrogen-bond acceptors (Lipinski definition) is 4. The molecule has 2 aromatic carbocycles. The summed E-state index contributed by atoms with van der Waals surface area (Å²) < 4.78 is 18.7. The first-order chi connectivity index (χ1) is 14.3. The van der Waals surface area contributed by atoms with Crippen molar-refractivity contribution in [1.82, 2.24) is 9.80 Å². The molecule has 30 heavy (non-hydrogen) atoms. The van der Waals surface area contributed by atoms with Crippen molar-refractivity contribution in [3.63, 3.8) is 0 Å². The number of rotatable bonds is 6. The SMILES string of the molecule is CC1CN(C(=O)COc2c(Cl)cc(Cl)cc2C=O)C(C)CN1Cc1ccc(F)cc1. The Bertz CT molecular complexity index is 923. The summed E-state index contributed by atoms with van der Waals surface area (Å²) in [6.07, 6.45) is 0.594. The average molecular weight is 453 g/mol. The number of aldehydes is 1. The fraction of sp³-hybridized carbons (Fsp3) is 0.364. The highest BCUT2D eigenvalue weighted by Crippen LogP contribution is 2.31. The van der Waals surface area contributed by atoms with E-state index in [9.17, 15) is 14.0 Å². The Hall–Kier alpha value is -2.15. The van der Waals surface area contributed by atoms with Crippen LogP contribution in [-0.4, -0.2) is 53.8 Å². The molecule has 1 heterocycles. The molecule has 1 amide bonds. The standard InChI is InChI=1S/C22H23Cl2FN2O3/c1-14-10-27(15(2)9-26(14)11-16-3-5-19(25)6-4-16)21(29)13-30-22-17(12-28)7-18(23)8-20(22)24/h3-8,12,14-15H,9-11,13H2,1-2H3. The molecule has 0 saturated carbocycles. The Kier molecular flexibility index (Phi) is 7.34. The monoisotopic (exact) mass is 452 g/mol. The maximum atomic E-state index is 13.1. The van der Waals surface area contributed by atoms with Crippen molar-refractivity contribution in [2.45, 2.75) is 32.5 Å². The van der Waals surface area contributed by atoms with E-state index < -0.39 is 0 Å². The van der Waals surface area contributed by atoms with Crippen LogP contribution < -0.4 is 4.74 Å². The van der Waals surface area contributed by atoms with Gasteiger partial charge in [0, 0.05) is 36.7 Å². The van der Waals surface area contributed by atoms with Crippen LogP contribution in [0.15, 0.2) is 36.4 Å². The first-order valence-electron chi connectivity index (χ1n) is 9.63. The number of carbonyl (C=O) groups is 2. The highest BCUT2D eigenvalue weighted by Gasteiger charge is 2.32. The maximum absolute atomic E-state index is 13.1. The van der Waals surface area contributed by atoms with Crippen molar-refractivity contribution in [1.29, 1.82) is 0 Å². The summed E-state index contributed by atoms with van der Waals surface area (Å²) in [7, 11) is 0. The molecule has 0 aromatic heterocycles. The van der Waals surface area contributed by atoms with Gasteiger partial charge in [-0.1, -0.05) is 35.3 Å². The summed E-state index contributed by atoms with van der Waals surface area (Å²) in [4.78, 5) is 28.1. The van der Waals surface area contributed by atoms with Crippen molar-refractivity contribution >= 4 is 35.4 Å². The zero-order valence-electron chi connectivity index (χ0n) is 16.8. The summed E-state index contributed by atoms with van der Waals surface area (Å²) in [5, 5.41) is 0.503. The van der Waals surface area contributed by atoms with Crippen LogP contribution in [-0.2, 0) is 11.3 Å². The third-order valence-electron chi connectivity index (χ3n) is 5.24. The van der Waals surface area contributed by atoms with Crippen molar-refractivity contribution in [3.05, 3.63) is 63.4 Å². The summed E-state index contributed by atoms with van der Waals surface area (Å²) >= 11 is 12.0. The van der Waals surface area contributed by atoms with E-state index in [1.54, 1.807) is 17.0 Å². The van der Waals surface area contributed by atoms with Crippen LogP contribution in [0.2, 0.25) is 10.0 Å². The quantitative estimate of drug-likeness (QED) is 0.607. The number of piperazine rings is 1. The minimum atomic E-state index is -0.255. The van der Waals surface area contributed by atoms with Crippen LogP contribution in [0.1, 0.15) is 29.8 Å². The van der Waals surface area contributed by atoms with E-state index in [0.29, 0.717) is 30.9 Å². The number of halogens is 3. The summed E-state index contributed by atoms with van der Waals surface area (Å²) in [5.41, 5.74) is 1.23. The molecule has 0 bridgehead atoms. The van der Waals surface area contributed by atoms with Gasteiger partial charge in [0.1, 0.15) is 11.6 Å². The van der Waals surface area contributed by atoms with Gasteiger partial charge < -0.3 is 9.64 Å². The first kappa shape index (κ1) is 22.5. The van der Waals surface area contributed by atoms with Crippen LogP contribution in [0.3, 0.4) is 0 Å². The van der Waals surface area contributed by atoms with Gasteiger partial charge in [-0.25, -0.2) is 4.39 Å². The van der Waals surface area contributed by atoms with Gasteiger partial charge in [0.15, 0.2) is 12.9 Å². The lowest BCUT2D eigenvalue weighted by atomic mass is 10.1. The van der Waals surface area contributed by atoms with Crippen molar-refractivity contribution in [2.24, 2.45) is 0 Å². The molecule has 1 aliphatic heterocycles. The van der Waals surface area contributed by atoms with Crippen LogP contribution >= 0.6 is 23.2 Å². The second kappa shape index (κ2) is 9.77. The second-order valence-corrected chi connectivity index (χ2v) is 8.36. The first-order valence-corrected chi connectivity index (χ1v) is 10.4. The molecule has 0 radical (unpaired) electrons. The molecule has 1 fully saturated rings. The molecule has 8 heteroatoms. The third-order valence-corrected chi connectivity index (χ3v) is 5.74. The molecule has 1 saturated heterocycles. The molecular formula is C22H23Cl2FN2O3. The minimum absolute atomic E-state index is 0.0241. The van der Waals surface area contributed by atoms with Gasteiger partial charge in [-0.3, -0.25) is 14.5 Å². The Morgan fingerprint density at radius 2 is 1.87 bits per heavy atom. The molecular weight excluding hydrogens is 430 g/mol. The van der Waals surface area contributed by atoms with Crippen LogP contribution in [0.25, 0.3) is 0 Å². The van der Waals surface area contributed by atoms with E-state index in [1.807, 2.05) is 6.92 Å². The fourth-order valence-electron chi connectivity index (χ4n) is 3.63. The Labute approximate surface area is 185 Å². The number of hydrogen-bond donors (Lipinski definition) is 0. The zero-order chi connectivity index (χ0) is 21.8. The van der Waals surface area contributed by atoms with Crippen molar-refractivity contribution < 1.29 is 18.7 Å². The molecule has 0 N–H and O–H groups in total. The van der Waals surface area contributed by atoms with Gasteiger partial charge in [-0.15, -0.1) is 0 Å². The molecule has 0 aliphatic carbocycles. The normalized spacial score (nSPS) is 19.6. The fourth-order valence-corrected chi connectivity index (χ4v) is 4.19. The van der Waals surface area contributed by atoms with Gasteiger partial charge in [-0.2, -0.15) is 0 Å². The van der Waals surface area contributed by atoms with Gasteiger partial charge in [-0.05, 0) is 43.7 Å². The Balaban J connectivity index is 1.61. The molecule has 5 nitrogen and oxygen atoms in total. The number of ether oxygens (including phenoxy) is 1. The van der Waals surface area contributed by atoms with Crippen molar-refractivity contribution in [3.8, 4) is 5.75 Å². The maximum Gasteiger partial charge on any atom is 0.260 e. The lowest BCUT2D eigenvalue weighted by molar-refractivity contribution is -0.139. The molecule has 1 aliphatic rings. The van der Waals surface area contributed by atoms with E-state index in [0.717, 1.165) is 5.56 Å². The van der Waals surface area contributed by atoms with Crippen LogP contribution in [0, 0.1) is 5.82 Å². The zero-order valence-corrected chi connectivity index (χ0v) is 18.3. The predicted molar refractivity (Wildman–Crippen MR) is 115 cm³/mol. The van der Waals surface area contributed by atoms with E-state index in [4.69, 9.17) is 27.9 Å². The van der Waals surface area contributed by atoms with E-state index in [2.05, 4.69) is 11.8 Å². The summed E-state index contributed by atoms with van der Waals surface area (Å²) in [5.74, 6) is -0.284. The van der Waals surface area contributed by atoms with Gasteiger partial charge >= 0.3 is 0 Å². The molecule has 3 rings (SSSR count). The summed E-state index contributed by atoms with van der Waals surface area (Å²) in [6, 6.07) is 9.47. The van der Waals surface area contributed by atoms with Crippen LogP contribution in [0.4, 0.5) is 4.39 Å². The topological polar surface area (TPSA) is 49.9 Å². The minimum Gasteiger partial charge on any atom is -0.481 e. The highest BCUT2D eigenvalue weighted by molar-refractivity contribution is 6.36. The molecule has 2 unspecified atom stereocenters. The average Bonchev–Trinajstić information content (AvgIpc) is 2.70. The van der Waals surface area contributed by atoms with Gasteiger partial charge in [0.25, 0.3) is 5.91 Å². The van der Waals surface area contributed by atoms with E-state index in [1.165, 1.54) is 24.3 Å². The Morgan fingerprint density at radius 3 is 2.53 bits per heavy atom. The van der Waals surface area contributed by atoms with Gasteiger partial charge in [0.05, 0.1) is 10.6 Å². The molecule has 0 spiro atoms. The Morgan fingerprint density at radius 1 is 1.17 bits per heavy atom. The molecule has 2 atom stereocenters. The third kappa shape index (κ3) is 5.31.